The van der Waals surface area contributed by atoms with E-state index in [9.17, 15) is 0 Å². The lowest BCUT2D eigenvalue weighted by Gasteiger charge is -2.28. The normalized spacial score (nSPS) is 15.0. The molecule has 0 bridgehead atoms. The molecule has 2 aliphatic carbocycles. The van der Waals surface area contributed by atoms with Crippen molar-refractivity contribution in [1.29, 1.82) is 0 Å². The summed E-state index contributed by atoms with van der Waals surface area (Å²) in [6.45, 7) is 7.10. The minimum absolute atomic E-state index is 0.166. The van der Waals surface area contributed by atoms with Crippen LogP contribution in [0.4, 0.5) is 0 Å². The van der Waals surface area contributed by atoms with Gasteiger partial charge in [0.2, 0.25) is 5.95 Å². The van der Waals surface area contributed by atoms with Crippen molar-refractivity contribution in [3.8, 4) is 68.1 Å². The van der Waals surface area contributed by atoms with Crippen LogP contribution < -0.4 is 0 Å². The third-order valence-electron chi connectivity index (χ3n) is 18.6. The van der Waals surface area contributed by atoms with Crippen molar-refractivity contribution in [1.82, 2.24) is 34.1 Å². The Morgan fingerprint density at radius 1 is 0.365 bits per heavy atom. The first-order valence-electron chi connectivity index (χ1n) is 29.2. The van der Waals surface area contributed by atoms with Gasteiger partial charge in [-0.25, -0.2) is 15.0 Å². The minimum atomic E-state index is -0.414. The summed E-state index contributed by atoms with van der Waals surface area (Å²) in [5, 5.41) is 6.70. The van der Waals surface area contributed by atoms with E-state index in [-0.39, 0.29) is 5.41 Å². The fourth-order valence-corrected chi connectivity index (χ4v) is 14.6. The molecule has 8 heteroatoms. The van der Waals surface area contributed by atoms with Gasteiger partial charge in [-0.05, 0) is 123 Å². The van der Waals surface area contributed by atoms with Gasteiger partial charge in [-0.1, -0.05) is 197 Å². The quantitative estimate of drug-likeness (QED) is 0.158. The van der Waals surface area contributed by atoms with Crippen LogP contribution in [-0.4, -0.2) is 34.1 Å². The largest absolute Gasteiger partial charge is 0.455 e. The lowest BCUT2D eigenvalue weighted by Crippen LogP contribution is -2.24. The van der Waals surface area contributed by atoms with Crippen molar-refractivity contribution in [3.05, 3.63) is 270 Å². The summed E-state index contributed by atoms with van der Waals surface area (Å²) in [5.74, 6) is 2.45. The summed E-state index contributed by atoms with van der Waals surface area (Å²) in [5.41, 5.74) is 21.8. The number of rotatable bonds is 7. The highest BCUT2D eigenvalue weighted by atomic mass is 16.3. The molecule has 400 valence electrons. The van der Waals surface area contributed by atoms with Gasteiger partial charge < -0.3 is 4.42 Å². The summed E-state index contributed by atoms with van der Waals surface area (Å²) in [4.78, 5) is 27.3. The van der Waals surface area contributed by atoms with Gasteiger partial charge in [-0.15, -0.1) is 0 Å². The first-order chi connectivity index (χ1) is 41.7. The van der Waals surface area contributed by atoms with E-state index in [1.54, 1.807) is 0 Å². The molecule has 1 unspecified atom stereocenters. The fourth-order valence-electron chi connectivity index (χ4n) is 14.6. The molecule has 0 aliphatic heterocycles. The lowest BCUT2D eigenvalue weighted by atomic mass is 9.75. The van der Waals surface area contributed by atoms with Gasteiger partial charge in [0.1, 0.15) is 16.9 Å². The molecule has 5 heterocycles. The van der Waals surface area contributed by atoms with Gasteiger partial charge in [0.05, 0.1) is 38.7 Å². The van der Waals surface area contributed by atoms with Crippen molar-refractivity contribution >= 4 is 76.6 Å². The summed E-state index contributed by atoms with van der Waals surface area (Å²) < 4.78 is 11.3. The van der Waals surface area contributed by atoms with Crippen molar-refractivity contribution in [3.63, 3.8) is 0 Å². The highest BCUT2D eigenvalue weighted by Crippen LogP contribution is 2.54. The van der Waals surface area contributed by atoms with Gasteiger partial charge >= 0.3 is 0 Å². The third kappa shape index (κ3) is 6.88. The van der Waals surface area contributed by atoms with Gasteiger partial charge in [-0.2, -0.15) is 9.97 Å². The van der Waals surface area contributed by atoms with Crippen LogP contribution in [0.5, 0.6) is 0 Å². The number of furan rings is 1. The maximum absolute atomic E-state index is 6.72. The van der Waals surface area contributed by atoms with E-state index < -0.39 is 5.41 Å². The van der Waals surface area contributed by atoms with Crippen molar-refractivity contribution in [2.24, 2.45) is 0 Å². The second-order valence-corrected chi connectivity index (χ2v) is 23.8. The molecule has 0 spiro atoms. The third-order valence-corrected chi connectivity index (χ3v) is 18.6. The van der Waals surface area contributed by atoms with Gasteiger partial charge in [0.25, 0.3) is 0 Å². The van der Waals surface area contributed by atoms with Crippen LogP contribution >= 0.6 is 0 Å². The molecule has 0 saturated carbocycles. The molecular formula is C77H51N7O. The average Bonchev–Trinajstić information content (AvgIpc) is 2.29. The Bertz CT molecular complexity index is 5530. The van der Waals surface area contributed by atoms with Crippen molar-refractivity contribution in [2.45, 2.75) is 38.0 Å². The van der Waals surface area contributed by atoms with Crippen LogP contribution in [0.15, 0.2) is 247 Å². The van der Waals surface area contributed by atoms with Crippen molar-refractivity contribution < 1.29 is 4.42 Å². The Kier molecular flexibility index (Phi) is 9.89. The number of aromatic nitrogens is 7. The standard InChI is InChI=1S/C77H51N7O/c1-76(2)59-32-12-7-25-48(59)55-42-68-57(40-61(55)76)51-28-10-17-37-66(51)84(68)75-81-72(80-73(82-75)54-31-20-30-53-52-29-11-18-38-69(52)85-71(53)54)47-24-19-21-45(39-47)44-77(3)60-33-13-8-26-49(60)56-43-67-58(41-62(56)77)50-27-9-16-36-65(50)83(67)74-70(46-22-5-4-6-23-46)78-63-34-14-15-35-64(63)79-74/h4-43H,44H2,1-3H3. The van der Waals surface area contributed by atoms with E-state index in [1.807, 2.05) is 36.4 Å². The Morgan fingerprint density at radius 3 is 1.72 bits per heavy atom. The van der Waals surface area contributed by atoms with Crippen LogP contribution in [0.2, 0.25) is 0 Å². The van der Waals surface area contributed by atoms with Crippen LogP contribution in [0, 0.1) is 0 Å². The Hall–Kier alpha value is -10.8. The predicted octanol–water partition coefficient (Wildman–Crippen LogP) is 18.7. The van der Waals surface area contributed by atoms with Gasteiger partial charge in [0, 0.05) is 54.3 Å². The van der Waals surface area contributed by atoms with E-state index in [0.717, 1.165) is 106 Å². The molecule has 16 aromatic rings. The maximum atomic E-state index is 6.72. The smallest absolute Gasteiger partial charge is 0.238 e. The summed E-state index contributed by atoms with van der Waals surface area (Å²) in [6, 6.07) is 86.8. The molecule has 5 aromatic heterocycles. The number of hydrogen-bond donors (Lipinski definition) is 0. The monoisotopic (exact) mass is 1090 g/mol. The minimum Gasteiger partial charge on any atom is -0.455 e. The molecule has 2 aliphatic rings. The Morgan fingerprint density at radius 2 is 0.929 bits per heavy atom. The maximum Gasteiger partial charge on any atom is 0.238 e. The molecule has 8 nitrogen and oxygen atoms in total. The Balaban J connectivity index is 0.818. The van der Waals surface area contributed by atoms with Gasteiger partial charge in [-0.3, -0.25) is 9.13 Å². The van der Waals surface area contributed by atoms with Crippen molar-refractivity contribution in [2.75, 3.05) is 0 Å². The molecule has 0 radical (unpaired) electrons. The summed E-state index contributed by atoms with van der Waals surface area (Å²) >= 11 is 0. The first-order valence-corrected chi connectivity index (χ1v) is 29.2. The summed E-state index contributed by atoms with van der Waals surface area (Å²) in [7, 11) is 0. The zero-order valence-corrected chi connectivity index (χ0v) is 46.8. The van der Waals surface area contributed by atoms with E-state index >= 15 is 0 Å². The fraction of sp³-hybridized carbons (Fsp3) is 0.0779. The zero-order chi connectivity index (χ0) is 56.3. The zero-order valence-electron chi connectivity index (χ0n) is 46.8. The highest BCUT2D eigenvalue weighted by molar-refractivity contribution is 6.14. The van der Waals surface area contributed by atoms with Crippen LogP contribution in [0.1, 0.15) is 48.6 Å². The first kappa shape index (κ1) is 47.8. The molecule has 1 atom stereocenters. The number of hydrogen-bond acceptors (Lipinski definition) is 6. The SMILES string of the molecule is CC1(C)c2ccccc2-c2cc3c(cc21)c1ccccc1n3-c1nc(-c2cccc(CC3(C)c4ccccc4-c4cc5c(cc43)c3ccccc3n5-c3nc4ccccc4nc3-c3ccccc3)c2)nc(-c2cccc3c2oc2ccccc23)n1. The molecule has 85 heavy (non-hydrogen) atoms. The molecule has 0 N–H and O–H groups in total. The molecule has 0 amide bonds. The van der Waals surface area contributed by atoms with Crippen LogP contribution in [0.25, 0.3) is 145 Å². The molecular weight excluding hydrogens is 1040 g/mol. The number of benzene rings is 11. The highest BCUT2D eigenvalue weighted by Gasteiger charge is 2.41. The number of para-hydroxylation sites is 6. The van der Waals surface area contributed by atoms with E-state index in [1.165, 1.54) is 55.5 Å². The van der Waals surface area contributed by atoms with Crippen LogP contribution in [-0.2, 0) is 17.3 Å². The topological polar surface area (TPSA) is 87.5 Å². The summed E-state index contributed by atoms with van der Waals surface area (Å²) in [6.07, 6.45) is 0.724. The lowest BCUT2D eigenvalue weighted by molar-refractivity contribution is 0.583. The average molecular weight is 1090 g/mol. The molecule has 0 fully saturated rings. The molecule has 18 rings (SSSR count). The second kappa shape index (κ2) is 17.6. The number of fused-ring (bicyclic) bond motifs is 16. The van der Waals surface area contributed by atoms with E-state index in [0.29, 0.717) is 17.6 Å². The van der Waals surface area contributed by atoms with E-state index in [2.05, 4.69) is 236 Å². The number of nitrogens with zero attached hydrogens (tertiary/aromatic N) is 7. The van der Waals surface area contributed by atoms with E-state index in [4.69, 9.17) is 29.3 Å². The van der Waals surface area contributed by atoms with Crippen LogP contribution in [0.3, 0.4) is 0 Å². The van der Waals surface area contributed by atoms with Gasteiger partial charge in [0.15, 0.2) is 17.5 Å². The predicted molar refractivity (Wildman–Crippen MR) is 345 cm³/mol. The second-order valence-electron chi connectivity index (χ2n) is 23.8. The molecule has 11 aromatic carbocycles. The molecule has 0 saturated heterocycles. The Labute approximate surface area is 489 Å².